The minimum atomic E-state index is 0.772. The summed E-state index contributed by atoms with van der Waals surface area (Å²) in [6.45, 7) is 0. The smallest absolute Gasteiger partial charge is 0.0991 e. The lowest BCUT2D eigenvalue weighted by atomic mass is 9.91. The molecule has 1 saturated carbocycles. The van der Waals surface area contributed by atoms with Crippen molar-refractivity contribution in [1.29, 1.82) is 5.26 Å². The van der Waals surface area contributed by atoms with E-state index in [4.69, 9.17) is 5.26 Å². The van der Waals surface area contributed by atoms with E-state index in [1.807, 2.05) is 6.07 Å². The molecule has 0 aromatic heterocycles. The molecule has 0 saturated heterocycles. The van der Waals surface area contributed by atoms with Crippen LogP contribution in [0.25, 0.3) is 0 Å². The number of hydrogen-bond acceptors (Lipinski definition) is 1. The van der Waals surface area contributed by atoms with Gasteiger partial charge in [0.15, 0.2) is 0 Å². The van der Waals surface area contributed by atoms with Gasteiger partial charge in [0.1, 0.15) is 0 Å². The van der Waals surface area contributed by atoms with Gasteiger partial charge in [-0.3, -0.25) is 0 Å². The van der Waals surface area contributed by atoms with E-state index in [1.165, 1.54) is 30.4 Å². The van der Waals surface area contributed by atoms with E-state index in [0.29, 0.717) is 0 Å². The molecule has 13 heavy (non-hydrogen) atoms. The van der Waals surface area contributed by atoms with Crippen molar-refractivity contribution < 1.29 is 0 Å². The van der Waals surface area contributed by atoms with Crippen molar-refractivity contribution in [2.24, 2.45) is 0 Å². The number of nitrogens with zero attached hydrogens (tertiary/aromatic N) is 1. The van der Waals surface area contributed by atoms with Gasteiger partial charge < -0.3 is 0 Å². The summed E-state index contributed by atoms with van der Waals surface area (Å²) in [5.41, 5.74) is 3.82. The van der Waals surface area contributed by atoms with Crippen LogP contribution >= 0.6 is 0 Å². The molecule has 64 valence electrons. The molecule has 2 unspecified atom stereocenters. The molecule has 2 atom stereocenters. The Morgan fingerprint density at radius 3 is 2.69 bits per heavy atom. The van der Waals surface area contributed by atoms with E-state index in [0.717, 1.165) is 17.4 Å². The molecule has 1 aromatic rings. The van der Waals surface area contributed by atoms with E-state index in [9.17, 15) is 0 Å². The lowest BCUT2D eigenvalue weighted by molar-refractivity contribution is 0.717. The molecule has 1 fully saturated rings. The van der Waals surface area contributed by atoms with E-state index in [1.54, 1.807) is 0 Å². The Bertz CT molecular complexity index is 400. The van der Waals surface area contributed by atoms with Crippen molar-refractivity contribution in [1.82, 2.24) is 0 Å². The van der Waals surface area contributed by atoms with Gasteiger partial charge in [-0.15, -0.1) is 0 Å². The minimum absolute atomic E-state index is 0.772. The van der Waals surface area contributed by atoms with Crippen LogP contribution in [0.1, 0.15) is 47.8 Å². The van der Waals surface area contributed by atoms with Crippen LogP contribution in [0.2, 0.25) is 0 Å². The van der Waals surface area contributed by atoms with Gasteiger partial charge >= 0.3 is 0 Å². The third-order valence-electron chi connectivity index (χ3n) is 3.53. The molecule has 0 amide bonds. The first-order valence-electron chi connectivity index (χ1n) is 4.92. The largest absolute Gasteiger partial charge is 0.192 e. The van der Waals surface area contributed by atoms with Crippen LogP contribution in [0.5, 0.6) is 0 Å². The minimum Gasteiger partial charge on any atom is -0.192 e. The first-order chi connectivity index (χ1) is 6.38. The van der Waals surface area contributed by atoms with E-state index < -0.39 is 0 Å². The van der Waals surface area contributed by atoms with Crippen LogP contribution in [0.15, 0.2) is 18.2 Å². The Balaban J connectivity index is 2.18. The maximum absolute atomic E-state index is 8.79. The first-order valence-corrected chi connectivity index (χ1v) is 4.92. The van der Waals surface area contributed by atoms with Crippen LogP contribution in [-0.2, 0) is 0 Å². The molecule has 1 nitrogen and oxygen atoms in total. The van der Waals surface area contributed by atoms with Gasteiger partial charge in [-0.1, -0.05) is 6.07 Å². The number of rotatable bonds is 0. The third-order valence-corrected chi connectivity index (χ3v) is 3.53. The SMILES string of the molecule is N#Cc1ccc2c(c1)C1CCC2C1. The molecule has 1 heteroatoms. The Morgan fingerprint density at radius 2 is 1.92 bits per heavy atom. The average Bonchev–Trinajstić information content (AvgIpc) is 2.77. The highest BCUT2D eigenvalue weighted by molar-refractivity contribution is 5.46. The molecule has 1 aromatic carbocycles. The van der Waals surface area contributed by atoms with Gasteiger partial charge in [-0.25, -0.2) is 0 Å². The van der Waals surface area contributed by atoms with Crippen LogP contribution in [0.3, 0.4) is 0 Å². The topological polar surface area (TPSA) is 23.8 Å². The van der Waals surface area contributed by atoms with E-state index in [-0.39, 0.29) is 0 Å². The summed E-state index contributed by atoms with van der Waals surface area (Å²) in [6.07, 6.45) is 4.04. The third kappa shape index (κ3) is 0.862. The number of hydrogen-bond donors (Lipinski definition) is 0. The fraction of sp³-hybridized carbons (Fsp3) is 0.417. The molecule has 2 aliphatic carbocycles. The Hall–Kier alpha value is -1.29. The van der Waals surface area contributed by atoms with Crippen molar-refractivity contribution in [3.8, 4) is 6.07 Å². The predicted octanol–water partition coefficient (Wildman–Crippen LogP) is 2.92. The molecular weight excluding hydrogens is 158 g/mol. The highest BCUT2D eigenvalue weighted by Gasteiger charge is 2.36. The highest BCUT2D eigenvalue weighted by atomic mass is 14.4. The van der Waals surface area contributed by atoms with Gasteiger partial charge in [-0.05, 0) is 54.4 Å². The highest BCUT2D eigenvalue weighted by Crippen LogP contribution is 2.52. The van der Waals surface area contributed by atoms with Crippen LogP contribution in [0, 0.1) is 11.3 Å². The lowest BCUT2D eigenvalue weighted by Gasteiger charge is -2.14. The molecule has 0 heterocycles. The summed E-state index contributed by atoms with van der Waals surface area (Å²) < 4.78 is 0. The number of benzene rings is 1. The molecule has 2 bridgehead atoms. The zero-order valence-electron chi connectivity index (χ0n) is 7.46. The second-order valence-electron chi connectivity index (χ2n) is 4.16. The summed E-state index contributed by atoms with van der Waals surface area (Å²) >= 11 is 0. The van der Waals surface area contributed by atoms with Gasteiger partial charge in [0.2, 0.25) is 0 Å². The molecule has 0 aliphatic heterocycles. The summed E-state index contributed by atoms with van der Waals surface area (Å²) in [6, 6.07) is 8.43. The van der Waals surface area contributed by atoms with Crippen molar-refractivity contribution in [2.75, 3.05) is 0 Å². The van der Waals surface area contributed by atoms with Crippen LogP contribution in [0.4, 0.5) is 0 Å². The maximum atomic E-state index is 8.79. The number of nitriles is 1. The van der Waals surface area contributed by atoms with Gasteiger partial charge in [0, 0.05) is 0 Å². The molecule has 0 spiro atoms. The van der Waals surface area contributed by atoms with Crippen molar-refractivity contribution >= 4 is 0 Å². The Morgan fingerprint density at radius 1 is 1.15 bits per heavy atom. The van der Waals surface area contributed by atoms with Crippen LogP contribution in [-0.4, -0.2) is 0 Å². The Labute approximate surface area is 78.0 Å². The van der Waals surface area contributed by atoms with Gasteiger partial charge in [-0.2, -0.15) is 5.26 Å². The second kappa shape index (κ2) is 2.35. The molecule has 0 radical (unpaired) electrons. The predicted molar refractivity (Wildman–Crippen MR) is 50.5 cm³/mol. The normalized spacial score (nSPS) is 28.5. The zero-order chi connectivity index (χ0) is 8.84. The van der Waals surface area contributed by atoms with E-state index in [2.05, 4.69) is 18.2 Å². The van der Waals surface area contributed by atoms with Crippen molar-refractivity contribution in [3.05, 3.63) is 34.9 Å². The standard InChI is InChI=1S/C12H11N/c13-7-8-1-4-11-9-2-3-10(6-9)12(11)5-8/h1,4-5,9-10H,2-3,6H2. The van der Waals surface area contributed by atoms with Crippen LogP contribution < -0.4 is 0 Å². The van der Waals surface area contributed by atoms with Crippen molar-refractivity contribution in [3.63, 3.8) is 0 Å². The lowest BCUT2D eigenvalue weighted by Crippen LogP contribution is -1.97. The summed E-state index contributed by atoms with van der Waals surface area (Å²) in [5, 5.41) is 8.79. The molecule has 0 N–H and O–H groups in total. The molecule has 3 rings (SSSR count). The second-order valence-corrected chi connectivity index (χ2v) is 4.16. The van der Waals surface area contributed by atoms with Crippen molar-refractivity contribution in [2.45, 2.75) is 31.1 Å². The Kier molecular flexibility index (Phi) is 1.29. The van der Waals surface area contributed by atoms with Gasteiger partial charge in [0.05, 0.1) is 11.6 Å². The zero-order valence-corrected chi connectivity index (χ0v) is 7.46. The maximum Gasteiger partial charge on any atom is 0.0991 e. The first kappa shape index (κ1) is 7.15. The number of fused-ring (bicyclic) bond motifs is 5. The molecular formula is C12H11N. The summed E-state index contributed by atoms with van der Waals surface area (Å²) in [4.78, 5) is 0. The quantitative estimate of drug-likeness (QED) is 0.585. The van der Waals surface area contributed by atoms with Gasteiger partial charge in [0.25, 0.3) is 0 Å². The summed E-state index contributed by atoms with van der Waals surface area (Å²) in [7, 11) is 0. The fourth-order valence-corrected chi connectivity index (χ4v) is 2.92. The molecule has 2 aliphatic rings. The fourth-order valence-electron chi connectivity index (χ4n) is 2.92. The summed E-state index contributed by atoms with van der Waals surface area (Å²) in [5.74, 6) is 1.58. The monoisotopic (exact) mass is 169 g/mol. The van der Waals surface area contributed by atoms with E-state index >= 15 is 0 Å². The average molecular weight is 169 g/mol.